The SMILES string of the molecule is C=CCN1C(=O)NC(=Cc2ccc(OC)c(Cl)c2)C1=O. The number of hydrogen-bond acceptors (Lipinski definition) is 3. The number of rotatable bonds is 4. The van der Waals surface area contributed by atoms with E-state index in [9.17, 15) is 9.59 Å². The minimum absolute atomic E-state index is 0.172. The number of methoxy groups -OCH3 is 1. The van der Waals surface area contributed by atoms with E-state index >= 15 is 0 Å². The van der Waals surface area contributed by atoms with Crippen LogP contribution in [0.4, 0.5) is 4.79 Å². The Morgan fingerprint density at radius 2 is 2.20 bits per heavy atom. The second-order valence-electron chi connectivity index (χ2n) is 4.09. The van der Waals surface area contributed by atoms with Crippen LogP contribution in [0.3, 0.4) is 0 Å². The predicted molar refractivity (Wildman–Crippen MR) is 76.4 cm³/mol. The van der Waals surface area contributed by atoms with Crippen molar-refractivity contribution in [3.05, 3.63) is 47.1 Å². The van der Waals surface area contributed by atoms with Gasteiger partial charge in [-0.15, -0.1) is 6.58 Å². The maximum Gasteiger partial charge on any atom is 0.329 e. The molecule has 2 rings (SSSR count). The molecule has 6 heteroatoms. The number of nitrogens with zero attached hydrogens (tertiary/aromatic N) is 1. The van der Waals surface area contributed by atoms with Crippen molar-refractivity contribution in [2.45, 2.75) is 0 Å². The molecule has 5 nitrogen and oxygen atoms in total. The Morgan fingerprint density at radius 1 is 1.45 bits per heavy atom. The van der Waals surface area contributed by atoms with Gasteiger partial charge >= 0.3 is 6.03 Å². The number of urea groups is 1. The molecule has 0 aliphatic carbocycles. The highest BCUT2D eigenvalue weighted by Crippen LogP contribution is 2.26. The van der Waals surface area contributed by atoms with Gasteiger partial charge in [-0.05, 0) is 23.8 Å². The summed E-state index contributed by atoms with van der Waals surface area (Å²) in [6.07, 6.45) is 3.05. The lowest BCUT2D eigenvalue weighted by atomic mass is 10.2. The maximum atomic E-state index is 12.0. The first-order valence-electron chi connectivity index (χ1n) is 5.85. The number of amides is 3. The first-order chi connectivity index (χ1) is 9.56. The van der Waals surface area contributed by atoms with Gasteiger partial charge in [0.05, 0.1) is 12.1 Å². The summed E-state index contributed by atoms with van der Waals surface area (Å²) in [5, 5.41) is 2.94. The fraction of sp³-hybridized carbons (Fsp3) is 0.143. The predicted octanol–water partition coefficient (Wildman–Crippen LogP) is 2.43. The number of nitrogens with one attached hydrogen (secondary N) is 1. The van der Waals surface area contributed by atoms with E-state index in [2.05, 4.69) is 11.9 Å². The van der Waals surface area contributed by atoms with E-state index in [4.69, 9.17) is 16.3 Å². The second-order valence-corrected chi connectivity index (χ2v) is 4.49. The number of carbonyl (C=O) groups is 2. The summed E-state index contributed by atoms with van der Waals surface area (Å²) in [5.41, 5.74) is 0.901. The Kier molecular flexibility index (Phi) is 4.10. The zero-order valence-electron chi connectivity index (χ0n) is 10.9. The molecule has 0 spiro atoms. The third kappa shape index (κ3) is 2.67. The van der Waals surface area contributed by atoms with E-state index in [1.54, 1.807) is 24.3 Å². The van der Waals surface area contributed by atoms with Gasteiger partial charge in [0.1, 0.15) is 11.4 Å². The van der Waals surface area contributed by atoms with Gasteiger partial charge in [-0.3, -0.25) is 9.69 Å². The Bertz CT molecular complexity index is 610. The average molecular weight is 293 g/mol. The number of ether oxygens (including phenoxy) is 1. The number of imide groups is 1. The van der Waals surface area contributed by atoms with E-state index in [1.165, 1.54) is 13.2 Å². The van der Waals surface area contributed by atoms with Gasteiger partial charge in [0.2, 0.25) is 0 Å². The van der Waals surface area contributed by atoms with Gasteiger partial charge in [-0.1, -0.05) is 23.7 Å². The summed E-state index contributed by atoms with van der Waals surface area (Å²) in [6, 6.07) is 4.63. The second kappa shape index (κ2) is 5.79. The summed E-state index contributed by atoms with van der Waals surface area (Å²) in [4.78, 5) is 24.7. The molecule has 0 aromatic heterocycles. The number of hydrogen-bond donors (Lipinski definition) is 1. The highest BCUT2D eigenvalue weighted by atomic mass is 35.5. The molecule has 1 aromatic rings. The summed E-state index contributed by atoms with van der Waals surface area (Å²) in [7, 11) is 1.52. The van der Waals surface area contributed by atoms with Crippen molar-refractivity contribution in [3.63, 3.8) is 0 Å². The minimum Gasteiger partial charge on any atom is -0.495 e. The lowest BCUT2D eigenvalue weighted by molar-refractivity contribution is -0.122. The average Bonchev–Trinajstić information content (AvgIpc) is 2.67. The van der Waals surface area contributed by atoms with Gasteiger partial charge in [0.25, 0.3) is 5.91 Å². The molecule has 1 aromatic carbocycles. The van der Waals surface area contributed by atoms with Crippen LogP contribution in [0.5, 0.6) is 5.75 Å². The molecule has 1 aliphatic heterocycles. The van der Waals surface area contributed by atoms with Crippen LogP contribution in [0, 0.1) is 0 Å². The van der Waals surface area contributed by atoms with E-state index < -0.39 is 6.03 Å². The fourth-order valence-corrected chi connectivity index (χ4v) is 2.07. The van der Waals surface area contributed by atoms with Crippen LogP contribution in [-0.4, -0.2) is 30.5 Å². The normalized spacial score (nSPS) is 16.5. The summed E-state index contributed by atoms with van der Waals surface area (Å²) in [6.45, 7) is 3.68. The molecule has 0 atom stereocenters. The maximum absolute atomic E-state index is 12.0. The molecule has 0 saturated carbocycles. The van der Waals surface area contributed by atoms with Gasteiger partial charge in [-0.2, -0.15) is 0 Å². The molecule has 20 heavy (non-hydrogen) atoms. The fourth-order valence-electron chi connectivity index (χ4n) is 1.81. The number of benzene rings is 1. The summed E-state index contributed by atoms with van der Waals surface area (Å²) >= 11 is 6.01. The third-order valence-corrected chi connectivity index (χ3v) is 3.06. The summed E-state index contributed by atoms with van der Waals surface area (Å²) < 4.78 is 5.05. The van der Waals surface area contributed by atoms with Gasteiger partial charge in [-0.25, -0.2) is 4.79 Å². The lowest BCUT2D eigenvalue weighted by Crippen LogP contribution is -2.30. The first-order valence-corrected chi connectivity index (χ1v) is 6.23. The Labute approximate surface area is 121 Å². The van der Waals surface area contributed by atoms with Crippen LogP contribution >= 0.6 is 11.6 Å². The van der Waals surface area contributed by atoms with Crippen molar-refractivity contribution in [2.24, 2.45) is 0 Å². The Hall–Kier alpha value is -2.27. The summed E-state index contributed by atoms with van der Waals surface area (Å²) in [5.74, 6) is 0.158. The molecular weight excluding hydrogens is 280 g/mol. The van der Waals surface area contributed by atoms with E-state index in [0.717, 1.165) is 4.90 Å². The van der Waals surface area contributed by atoms with Crippen molar-refractivity contribution in [3.8, 4) is 5.75 Å². The standard InChI is InChI=1S/C14H13ClN2O3/c1-3-6-17-13(18)11(16-14(17)19)8-9-4-5-12(20-2)10(15)7-9/h3-5,7-8H,1,6H2,2H3,(H,16,19). The van der Waals surface area contributed by atoms with Gasteiger partial charge < -0.3 is 10.1 Å². The van der Waals surface area contributed by atoms with Crippen LogP contribution in [0.1, 0.15) is 5.56 Å². The molecule has 1 N–H and O–H groups in total. The third-order valence-electron chi connectivity index (χ3n) is 2.76. The van der Waals surface area contributed by atoms with Crippen molar-refractivity contribution in [2.75, 3.05) is 13.7 Å². The van der Waals surface area contributed by atoms with Gasteiger partial charge in [0.15, 0.2) is 0 Å². The largest absolute Gasteiger partial charge is 0.495 e. The smallest absolute Gasteiger partial charge is 0.329 e. The molecule has 104 valence electrons. The van der Waals surface area contributed by atoms with Crippen LogP contribution < -0.4 is 10.1 Å². The Balaban J connectivity index is 2.28. The molecular formula is C14H13ClN2O3. The molecule has 1 saturated heterocycles. The zero-order valence-corrected chi connectivity index (χ0v) is 11.6. The molecule has 0 bridgehead atoms. The van der Waals surface area contributed by atoms with Crippen LogP contribution in [-0.2, 0) is 4.79 Å². The van der Waals surface area contributed by atoms with E-state index in [0.29, 0.717) is 16.3 Å². The molecule has 0 unspecified atom stereocenters. The van der Waals surface area contributed by atoms with Crippen molar-refractivity contribution < 1.29 is 14.3 Å². The monoisotopic (exact) mass is 292 g/mol. The van der Waals surface area contributed by atoms with Crippen LogP contribution in [0.2, 0.25) is 5.02 Å². The Morgan fingerprint density at radius 3 is 2.80 bits per heavy atom. The van der Waals surface area contributed by atoms with Gasteiger partial charge in [0, 0.05) is 6.54 Å². The van der Waals surface area contributed by atoms with E-state index in [-0.39, 0.29) is 18.1 Å². The van der Waals surface area contributed by atoms with Crippen LogP contribution in [0.25, 0.3) is 6.08 Å². The van der Waals surface area contributed by atoms with Crippen molar-refractivity contribution in [1.29, 1.82) is 0 Å². The highest BCUT2D eigenvalue weighted by molar-refractivity contribution is 6.32. The zero-order chi connectivity index (χ0) is 14.7. The van der Waals surface area contributed by atoms with Crippen molar-refractivity contribution in [1.82, 2.24) is 10.2 Å². The molecule has 1 heterocycles. The molecule has 1 fully saturated rings. The van der Waals surface area contributed by atoms with Crippen molar-refractivity contribution >= 4 is 29.6 Å². The molecule has 3 amide bonds. The van der Waals surface area contributed by atoms with Crippen LogP contribution in [0.15, 0.2) is 36.6 Å². The quantitative estimate of drug-likeness (QED) is 0.527. The topological polar surface area (TPSA) is 58.6 Å². The molecule has 1 aliphatic rings. The number of halogens is 1. The first kappa shape index (κ1) is 14.1. The van der Waals surface area contributed by atoms with E-state index in [1.807, 2.05) is 0 Å². The molecule has 0 radical (unpaired) electrons. The minimum atomic E-state index is -0.458. The highest BCUT2D eigenvalue weighted by Gasteiger charge is 2.32. The lowest BCUT2D eigenvalue weighted by Gasteiger charge is -2.07. The number of carbonyl (C=O) groups excluding carboxylic acids is 2.